The number of urea groups is 1. The zero-order valence-electron chi connectivity index (χ0n) is 19.9. The van der Waals surface area contributed by atoms with E-state index in [2.05, 4.69) is 22.0 Å². The van der Waals surface area contributed by atoms with E-state index >= 15 is 0 Å². The molecule has 3 N–H and O–H groups in total. The lowest BCUT2D eigenvalue weighted by atomic mass is 10.0. The van der Waals surface area contributed by atoms with Crippen LogP contribution < -0.4 is 16.0 Å². The van der Waals surface area contributed by atoms with Crippen molar-refractivity contribution < 1.29 is 23.9 Å². The van der Waals surface area contributed by atoms with Crippen LogP contribution in [0, 0.1) is 17.2 Å². The van der Waals surface area contributed by atoms with Crippen molar-refractivity contribution in [2.75, 3.05) is 32.8 Å². The van der Waals surface area contributed by atoms with Crippen molar-refractivity contribution in [3.8, 4) is 6.07 Å². The van der Waals surface area contributed by atoms with Crippen LogP contribution in [-0.2, 0) is 20.9 Å². The molecular formula is C24H35N5O5. The third kappa shape index (κ3) is 10.1. The first-order chi connectivity index (χ1) is 16.4. The fraction of sp³-hybridized carbons (Fsp3) is 0.583. The molecule has 186 valence electrons. The Morgan fingerprint density at radius 1 is 1.15 bits per heavy atom. The number of nitrogens with one attached hydrogen (secondary N) is 3. The third-order valence-electron chi connectivity index (χ3n) is 5.24. The first-order valence-corrected chi connectivity index (χ1v) is 11.7. The number of morpholine rings is 1. The lowest BCUT2D eigenvalue weighted by Gasteiger charge is -2.29. The molecule has 0 spiro atoms. The molecule has 10 nitrogen and oxygen atoms in total. The highest BCUT2D eigenvalue weighted by Crippen LogP contribution is 2.08. The first kappa shape index (κ1) is 26.9. The number of ether oxygens (including phenoxy) is 2. The van der Waals surface area contributed by atoms with Crippen molar-refractivity contribution in [2.24, 2.45) is 5.92 Å². The molecule has 0 aromatic heterocycles. The summed E-state index contributed by atoms with van der Waals surface area (Å²) in [6, 6.07) is 9.65. The van der Waals surface area contributed by atoms with E-state index in [0.717, 1.165) is 5.56 Å². The Morgan fingerprint density at radius 2 is 1.85 bits per heavy atom. The minimum atomic E-state index is -0.739. The van der Waals surface area contributed by atoms with Gasteiger partial charge in [0.2, 0.25) is 5.91 Å². The fourth-order valence-corrected chi connectivity index (χ4v) is 3.42. The van der Waals surface area contributed by atoms with Gasteiger partial charge in [-0.15, -0.1) is 0 Å². The Hall–Kier alpha value is -3.32. The van der Waals surface area contributed by atoms with Gasteiger partial charge < -0.3 is 30.3 Å². The Bertz CT molecular complexity index is 821. The van der Waals surface area contributed by atoms with Gasteiger partial charge in [0.1, 0.15) is 18.7 Å². The van der Waals surface area contributed by atoms with Crippen LogP contribution in [-0.4, -0.2) is 67.9 Å². The molecule has 0 bridgehead atoms. The average molecular weight is 474 g/mol. The number of nitriles is 1. The largest absolute Gasteiger partial charge is 0.445 e. The molecule has 0 saturated carbocycles. The first-order valence-electron chi connectivity index (χ1n) is 11.7. The van der Waals surface area contributed by atoms with Crippen LogP contribution >= 0.6 is 0 Å². The summed E-state index contributed by atoms with van der Waals surface area (Å²) >= 11 is 0. The second-order valence-corrected chi connectivity index (χ2v) is 8.55. The molecule has 1 saturated heterocycles. The Labute approximate surface area is 201 Å². The zero-order valence-corrected chi connectivity index (χ0v) is 19.9. The highest BCUT2D eigenvalue weighted by atomic mass is 16.5. The van der Waals surface area contributed by atoms with Crippen molar-refractivity contribution in [1.82, 2.24) is 20.9 Å². The molecule has 34 heavy (non-hydrogen) atoms. The van der Waals surface area contributed by atoms with Gasteiger partial charge in [0.15, 0.2) is 0 Å². The van der Waals surface area contributed by atoms with Crippen molar-refractivity contribution in [2.45, 2.75) is 51.8 Å². The Kier molecular flexibility index (Phi) is 11.7. The van der Waals surface area contributed by atoms with E-state index in [0.29, 0.717) is 52.1 Å². The molecular weight excluding hydrogens is 438 g/mol. The summed E-state index contributed by atoms with van der Waals surface area (Å²) in [5.41, 5.74) is 0.890. The SMILES string of the molecule is CC(C)C[C@H](NC(=O)N1CCOCC1)C(=O)N[C@H](C#N)CCCNC(=O)OCc1ccccc1. The van der Waals surface area contributed by atoms with E-state index in [1.165, 1.54) is 0 Å². The van der Waals surface area contributed by atoms with E-state index < -0.39 is 24.1 Å². The number of nitrogens with zero attached hydrogens (tertiary/aromatic N) is 2. The lowest BCUT2D eigenvalue weighted by molar-refractivity contribution is -0.123. The molecule has 1 aliphatic rings. The molecule has 2 atom stereocenters. The molecule has 1 heterocycles. The van der Waals surface area contributed by atoms with Gasteiger partial charge in [0.25, 0.3) is 0 Å². The molecule has 1 aromatic carbocycles. The number of amides is 4. The maximum absolute atomic E-state index is 12.8. The van der Waals surface area contributed by atoms with Gasteiger partial charge in [-0.05, 0) is 30.7 Å². The summed E-state index contributed by atoms with van der Waals surface area (Å²) in [6.07, 6.45) is 0.750. The highest BCUT2D eigenvalue weighted by molar-refractivity contribution is 5.87. The summed E-state index contributed by atoms with van der Waals surface area (Å²) < 4.78 is 10.4. The summed E-state index contributed by atoms with van der Waals surface area (Å²) in [7, 11) is 0. The molecule has 1 aliphatic heterocycles. The highest BCUT2D eigenvalue weighted by Gasteiger charge is 2.27. The van der Waals surface area contributed by atoms with Gasteiger partial charge in [-0.1, -0.05) is 44.2 Å². The van der Waals surface area contributed by atoms with Crippen molar-refractivity contribution in [1.29, 1.82) is 5.26 Å². The van der Waals surface area contributed by atoms with Gasteiger partial charge in [0.05, 0.1) is 19.3 Å². The summed E-state index contributed by atoms with van der Waals surface area (Å²) in [5.74, 6) is -0.218. The number of hydrogen-bond acceptors (Lipinski definition) is 6. The van der Waals surface area contributed by atoms with Crippen LogP contribution in [0.25, 0.3) is 0 Å². The molecule has 0 radical (unpaired) electrons. The van der Waals surface area contributed by atoms with Crippen molar-refractivity contribution in [3.63, 3.8) is 0 Å². The quantitative estimate of drug-likeness (QED) is 0.422. The van der Waals surface area contributed by atoms with Crippen LogP contribution in [0.5, 0.6) is 0 Å². The number of hydrogen-bond donors (Lipinski definition) is 3. The summed E-state index contributed by atoms with van der Waals surface area (Å²) in [6.45, 7) is 6.31. The molecule has 4 amide bonds. The molecule has 1 aromatic rings. The topological polar surface area (TPSA) is 133 Å². The van der Waals surface area contributed by atoms with E-state index in [1.54, 1.807) is 4.90 Å². The number of alkyl carbamates (subject to hydrolysis) is 1. The van der Waals surface area contributed by atoms with E-state index in [4.69, 9.17) is 9.47 Å². The van der Waals surface area contributed by atoms with Crippen LogP contribution in [0.3, 0.4) is 0 Å². The number of carbonyl (C=O) groups is 3. The van der Waals surface area contributed by atoms with Gasteiger partial charge in [-0.25, -0.2) is 9.59 Å². The Balaban J connectivity index is 1.74. The predicted molar refractivity (Wildman–Crippen MR) is 126 cm³/mol. The zero-order chi connectivity index (χ0) is 24.8. The number of rotatable bonds is 11. The second kappa shape index (κ2) is 14.8. The van der Waals surface area contributed by atoms with E-state index in [-0.39, 0.29) is 18.6 Å². The molecule has 2 rings (SSSR count). The van der Waals surface area contributed by atoms with E-state index in [1.807, 2.05) is 44.2 Å². The lowest BCUT2D eigenvalue weighted by Crippen LogP contribution is -2.55. The predicted octanol–water partition coefficient (Wildman–Crippen LogP) is 2.16. The van der Waals surface area contributed by atoms with Gasteiger partial charge in [-0.3, -0.25) is 4.79 Å². The maximum atomic E-state index is 12.8. The number of carbonyl (C=O) groups excluding carboxylic acids is 3. The van der Waals surface area contributed by atoms with Crippen LogP contribution in [0.2, 0.25) is 0 Å². The molecule has 1 fully saturated rings. The second-order valence-electron chi connectivity index (χ2n) is 8.55. The average Bonchev–Trinajstić information content (AvgIpc) is 2.84. The van der Waals surface area contributed by atoms with Crippen molar-refractivity contribution in [3.05, 3.63) is 35.9 Å². The summed E-state index contributed by atoms with van der Waals surface area (Å²) in [4.78, 5) is 38.8. The third-order valence-corrected chi connectivity index (χ3v) is 5.24. The Morgan fingerprint density at radius 3 is 2.50 bits per heavy atom. The van der Waals surface area contributed by atoms with Gasteiger partial charge in [-0.2, -0.15) is 5.26 Å². The van der Waals surface area contributed by atoms with Gasteiger partial charge in [0, 0.05) is 19.6 Å². The number of benzene rings is 1. The van der Waals surface area contributed by atoms with Gasteiger partial charge >= 0.3 is 12.1 Å². The standard InChI is InChI=1S/C24H35N5O5/c1-18(2)15-21(28-23(31)29-11-13-33-14-12-29)22(30)27-20(16-25)9-6-10-26-24(32)34-17-19-7-4-3-5-8-19/h3-5,7-8,18,20-21H,6,9-15,17H2,1-2H3,(H,26,32)(H,27,30)(H,28,31)/t20-,21-/m0/s1. The smallest absolute Gasteiger partial charge is 0.407 e. The molecule has 0 aliphatic carbocycles. The minimum absolute atomic E-state index is 0.173. The monoisotopic (exact) mass is 473 g/mol. The van der Waals surface area contributed by atoms with E-state index in [9.17, 15) is 19.6 Å². The summed E-state index contributed by atoms with van der Waals surface area (Å²) in [5, 5.41) is 17.6. The van der Waals surface area contributed by atoms with Crippen molar-refractivity contribution >= 4 is 18.0 Å². The normalized spacial score (nSPS) is 15.1. The fourth-order valence-electron chi connectivity index (χ4n) is 3.42. The van der Waals surface area contributed by atoms with Crippen LogP contribution in [0.15, 0.2) is 30.3 Å². The van der Waals surface area contributed by atoms with Crippen LogP contribution in [0.4, 0.5) is 9.59 Å². The molecule has 10 heteroatoms. The molecule has 0 unspecified atom stereocenters. The minimum Gasteiger partial charge on any atom is -0.445 e. The van der Waals surface area contributed by atoms with Crippen LogP contribution in [0.1, 0.15) is 38.7 Å². The maximum Gasteiger partial charge on any atom is 0.407 e.